The molecule has 1 aromatic rings. The van der Waals surface area contributed by atoms with Gasteiger partial charge in [0.1, 0.15) is 5.75 Å². The minimum Gasteiger partial charge on any atom is -0.489 e. The number of carbonyl (C=O) groups is 1. The quantitative estimate of drug-likeness (QED) is 0.792. The summed E-state index contributed by atoms with van der Waals surface area (Å²) in [5, 5.41) is 0.391. The zero-order valence-corrected chi connectivity index (χ0v) is 15.7. The van der Waals surface area contributed by atoms with Crippen LogP contribution in [0.5, 0.6) is 5.75 Å². The zero-order valence-electron chi connectivity index (χ0n) is 14.2. The maximum Gasteiger partial charge on any atom is 0.253 e. The lowest BCUT2D eigenvalue weighted by atomic mass is 10.1. The van der Waals surface area contributed by atoms with E-state index < -0.39 is 10.0 Å². The Kier molecular flexibility index (Phi) is 6.11. The van der Waals surface area contributed by atoms with E-state index in [1.54, 1.807) is 30.0 Å². The second kappa shape index (κ2) is 7.72. The van der Waals surface area contributed by atoms with Gasteiger partial charge in [0.25, 0.3) is 5.91 Å². The van der Waals surface area contributed by atoms with Gasteiger partial charge in [0.15, 0.2) is 0 Å². The summed E-state index contributed by atoms with van der Waals surface area (Å²) in [4.78, 5) is 14.2. The summed E-state index contributed by atoms with van der Waals surface area (Å²) >= 11 is 6.17. The van der Waals surface area contributed by atoms with Gasteiger partial charge in [-0.05, 0) is 39.0 Å². The van der Waals surface area contributed by atoms with Crippen LogP contribution in [-0.4, -0.2) is 61.6 Å². The van der Waals surface area contributed by atoms with Gasteiger partial charge in [0.05, 0.1) is 16.9 Å². The minimum absolute atomic E-state index is 0.00218. The average molecular weight is 375 g/mol. The molecule has 1 aliphatic heterocycles. The number of rotatable bonds is 5. The Morgan fingerprint density at radius 3 is 2.38 bits per heavy atom. The van der Waals surface area contributed by atoms with Gasteiger partial charge in [-0.1, -0.05) is 11.6 Å². The van der Waals surface area contributed by atoms with Gasteiger partial charge < -0.3 is 9.64 Å². The van der Waals surface area contributed by atoms with Crippen molar-refractivity contribution in [3.63, 3.8) is 0 Å². The monoisotopic (exact) mass is 374 g/mol. The number of benzene rings is 1. The first-order valence-electron chi connectivity index (χ1n) is 7.98. The second-order valence-electron chi connectivity index (χ2n) is 5.90. The molecule has 134 valence electrons. The molecule has 1 saturated heterocycles. The Labute approximate surface area is 148 Å². The smallest absolute Gasteiger partial charge is 0.253 e. The van der Waals surface area contributed by atoms with Crippen LogP contribution in [0.1, 0.15) is 31.1 Å². The predicted octanol–water partition coefficient (Wildman–Crippen LogP) is 2.23. The van der Waals surface area contributed by atoms with Crippen molar-refractivity contribution in [2.75, 3.05) is 31.9 Å². The van der Waals surface area contributed by atoms with Crippen LogP contribution in [-0.2, 0) is 10.0 Å². The molecule has 8 heteroatoms. The van der Waals surface area contributed by atoms with Crippen LogP contribution in [0.3, 0.4) is 0 Å². The summed E-state index contributed by atoms with van der Waals surface area (Å²) in [5.74, 6) is 0.469. The molecule has 1 heterocycles. The third-order valence-corrected chi connectivity index (χ3v) is 6.00. The van der Waals surface area contributed by atoms with Crippen molar-refractivity contribution < 1.29 is 17.9 Å². The van der Waals surface area contributed by atoms with E-state index in [4.69, 9.17) is 16.3 Å². The predicted molar refractivity (Wildman–Crippen MR) is 94.2 cm³/mol. The summed E-state index contributed by atoms with van der Waals surface area (Å²) in [6.45, 7) is 6.82. The van der Waals surface area contributed by atoms with E-state index in [2.05, 4.69) is 0 Å². The lowest BCUT2D eigenvalue weighted by molar-refractivity contribution is 0.0698. The molecular weight excluding hydrogens is 352 g/mol. The lowest BCUT2D eigenvalue weighted by Crippen LogP contribution is -2.50. The molecule has 0 saturated carbocycles. The molecule has 1 amide bonds. The molecule has 0 radical (unpaired) electrons. The van der Waals surface area contributed by atoms with Crippen LogP contribution in [0.4, 0.5) is 0 Å². The Hall–Kier alpha value is -1.31. The van der Waals surface area contributed by atoms with E-state index in [9.17, 15) is 13.2 Å². The molecule has 0 unspecified atom stereocenters. The van der Waals surface area contributed by atoms with Gasteiger partial charge in [-0.25, -0.2) is 8.42 Å². The first-order valence-corrected chi connectivity index (χ1v) is 9.96. The van der Waals surface area contributed by atoms with Crippen LogP contribution in [0.25, 0.3) is 0 Å². The first-order chi connectivity index (χ1) is 11.2. The molecule has 0 atom stereocenters. The number of nitrogens with zero attached hydrogens (tertiary/aromatic N) is 2. The zero-order chi connectivity index (χ0) is 17.9. The normalized spacial score (nSPS) is 16.5. The number of ether oxygens (including phenoxy) is 1. The fourth-order valence-electron chi connectivity index (χ4n) is 2.52. The largest absolute Gasteiger partial charge is 0.489 e. The topological polar surface area (TPSA) is 66.9 Å². The van der Waals surface area contributed by atoms with E-state index in [0.29, 0.717) is 42.5 Å². The number of sulfonamides is 1. The number of piperazine rings is 1. The van der Waals surface area contributed by atoms with E-state index in [1.807, 2.05) is 13.8 Å². The number of hydrogen-bond acceptors (Lipinski definition) is 4. The van der Waals surface area contributed by atoms with Crippen molar-refractivity contribution in [1.82, 2.24) is 9.21 Å². The van der Waals surface area contributed by atoms with Gasteiger partial charge in [0.2, 0.25) is 10.0 Å². The number of hydrogen-bond donors (Lipinski definition) is 0. The van der Waals surface area contributed by atoms with Crippen molar-refractivity contribution in [2.45, 2.75) is 26.9 Å². The molecule has 0 aromatic heterocycles. The fraction of sp³-hybridized carbons (Fsp3) is 0.562. The minimum atomic E-state index is -3.20. The third-order valence-electron chi connectivity index (χ3n) is 3.83. The van der Waals surface area contributed by atoms with Crippen molar-refractivity contribution >= 4 is 27.5 Å². The fourth-order valence-corrected chi connectivity index (χ4v) is 3.83. The molecule has 1 fully saturated rings. The summed E-state index contributed by atoms with van der Waals surface area (Å²) in [6.07, 6.45) is -0.00218. The third kappa shape index (κ3) is 4.40. The van der Waals surface area contributed by atoms with Crippen molar-refractivity contribution in [3.8, 4) is 5.75 Å². The molecule has 0 aliphatic carbocycles. The Morgan fingerprint density at radius 2 is 1.88 bits per heavy atom. The van der Waals surface area contributed by atoms with Crippen LogP contribution in [0, 0.1) is 0 Å². The highest BCUT2D eigenvalue weighted by Crippen LogP contribution is 2.27. The Balaban J connectivity index is 2.04. The van der Waals surface area contributed by atoms with E-state index >= 15 is 0 Å². The maximum atomic E-state index is 12.6. The number of amides is 1. The molecule has 0 spiro atoms. The van der Waals surface area contributed by atoms with E-state index in [0.717, 1.165) is 0 Å². The Morgan fingerprint density at radius 1 is 1.25 bits per heavy atom. The highest BCUT2D eigenvalue weighted by Gasteiger charge is 2.28. The number of carbonyl (C=O) groups excluding carboxylic acids is 1. The molecule has 6 nitrogen and oxygen atoms in total. The second-order valence-corrected chi connectivity index (χ2v) is 8.57. The van der Waals surface area contributed by atoms with Gasteiger partial charge in [-0.15, -0.1) is 0 Å². The lowest BCUT2D eigenvalue weighted by Gasteiger charge is -2.33. The maximum absolute atomic E-state index is 12.6. The average Bonchev–Trinajstić information content (AvgIpc) is 2.56. The molecule has 2 rings (SSSR count). The van der Waals surface area contributed by atoms with Crippen LogP contribution < -0.4 is 4.74 Å². The van der Waals surface area contributed by atoms with E-state index in [-0.39, 0.29) is 17.8 Å². The molecular formula is C16H23ClN2O4S. The molecule has 1 aliphatic rings. The molecule has 1 aromatic carbocycles. The van der Waals surface area contributed by atoms with Gasteiger partial charge in [-0.2, -0.15) is 4.31 Å². The van der Waals surface area contributed by atoms with E-state index in [1.165, 1.54) is 4.31 Å². The SMILES string of the molecule is CCS(=O)(=O)N1CCN(C(=O)c2ccc(OC(C)C)c(Cl)c2)CC1. The van der Waals surface area contributed by atoms with Crippen molar-refractivity contribution in [3.05, 3.63) is 28.8 Å². The Bertz CT molecular complexity index is 698. The first kappa shape index (κ1) is 19.0. The summed E-state index contributed by atoms with van der Waals surface area (Å²) in [5.41, 5.74) is 0.475. The molecule has 24 heavy (non-hydrogen) atoms. The highest BCUT2D eigenvalue weighted by molar-refractivity contribution is 7.89. The number of halogens is 1. The summed E-state index contributed by atoms with van der Waals surface area (Å²) < 4.78 is 30.7. The van der Waals surface area contributed by atoms with Gasteiger partial charge >= 0.3 is 0 Å². The van der Waals surface area contributed by atoms with Crippen LogP contribution in [0.2, 0.25) is 5.02 Å². The van der Waals surface area contributed by atoms with Gasteiger partial charge in [-0.3, -0.25) is 4.79 Å². The van der Waals surface area contributed by atoms with Crippen molar-refractivity contribution in [1.29, 1.82) is 0 Å². The van der Waals surface area contributed by atoms with Crippen LogP contribution in [0.15, 0.2) is 18.2 Å². The highest BCUT2D eigenvalue weighted by atomic mass is 35.5. The standard InChI is InChI=1S/C16H23ClN2O4S/c1-4-24(21,22)19-9-7-18(8-10-19)16(20)13-5-6-15(14(17)11-13)23-12(2)3/h5-6,11-12H,4,7-10H2,1-3H3. The van der Waals surface area contributed by atoms with Crippen molar-refractivity contribution in [2.24, 2.45) is 0 Å². The summed E-state index contributed by atoms with van der Waals surface area (Å²) in [7, 11) is -3.20. The van der Waals surface area contributed by atoms with Gasteiger partial charge in [0, 0.05) is 31.7 Å². The van der Waals surface area contributed by atoms with Crippen LogP contribution >= 0.6 is 11.6 Å². The summed E-state index contributed by atoms with van der Waals surface area (Å²) in [6, 6.07) is 4.96. The molecule has 0 N–H and O–H groups in total. The molecule has 0 bridgehead atoms.